The first-order chi connectivity index (χ1) is 13.7. The van der Waals surface area contributed by atoms with E-state index in [-0.39, 0.29) is 0 Å². The molecule has 2 heterocycles. The lowest BCUT2D eigenvalue weighted by Crippen LogP contribution is -2.03. The van der Waals surface area contributed by atoms with Crippen LogP contribution >= 0.6 is 23.1 Å². The quantitative estimate of drug-likeness (QED) is 0.312. The maximum Gasteiger partial charge on any atom is 0.160 e. The van der Waals surface area contributed by atoms with Crippen LogP contribution in [0, 0.1) is 0 Å². The molecule has 0 saturated heterocycles. The Morgan fingerprint density at radius 1 is 1.07 bits per heavy atom. The van der Waals surface area contributed by atoms with Gasteiger partial charge in [-0.1, -0.05) is 44.4 Å². The van der Waals surface area contributed by atoms with E-state index in [9.17, 15) is 5.11 Å². The molecular weight excluding hydrogens is 384 g/mol. The normalized spacial score (nSPS) is 12.2. The molecule has 3 rings (SSSR count). The Hall–Kier alpha value is -1.69. The van der Waals surface area contributed by atoms with Gasteiger partial charge in [0.25, 0.3) is 0 Å². The summed E-state index contributed by atoms with van der Waals surface area (Å²) in [5, 5.41) is 10.7. The predicted octanol–water partition coefficient (Wildman–Crippen LogP) is 6.33. The minimum absolute atomic E-state index is 0.507. The molecule has 0 bridgehead atoms. The Balaban J connectivity index is 1.66. The lowest BCUT2D eigenvalue weighted by molar-refractivity contribution is 0.181. The fourth-order valence-corrected chi connectivity index (χ4v) is 4.84. The third kappa shape index (κ3) is 5.66. The average molecular weight is 413 g/mol. The molecule has 1 atom stereocenters. The molecule has 5 heteroatoms. The number of aliphatic hydroxyl groups is 1. The third-order valence-corrected chi connectivity index (χ3v) is 6.79. The lowest BCUT2D eigenvalue weighted by Gasteiger charge is -2.10. The largest absolute Gasteiger partial charge is 0.387 e. The Labute approximate surface area is 176 Å². The van der Waals surface area contributed by atoms with Crippen LogP contribution < -0.4 is 0 Å². The minimum Gasteiger partial charge on any atom is -0.387 e. The van der Waals surface area contributed by atoms with Crippen molar-refractivity contribution in [3.8, 4) is 11.4 Å². The molecule has 1 unspecified atom stereocenters. The van der Waals surface area contributed by atoms with E-state index in [0.717, 1.165) is 33.3 Å². The summed E-state index contributed by atoms with van der Waals surface area (Å²) in [4.78, 5) is 12.7. The second-order valence-electron chi connectivity index (χ2n) is 6.91. The minimum atomic E-state index is -0.520. The predicted molar refractivity (Wildman–Crippen MR) is 120 cm³/mol. The van der Waals surface area contributed by atoms with Crippen molar-refractivity contribution in [2.24, 2.45) is 0 Å². The summed E-state index contributed by atoms with van der Waals surface area (Å²) in [6, 6.07) is 14.3. The highest BCUT2D eigenvalue weighted by Gasteiger charge is 2.14. The first kappa shape index (κ1) is 21.0. The van der Waals surface area contributed by atoms with E-state index in [4.69, 9.17) is 4.98 Å². The van der Waals surface area contributed by atoms with Crippen molar-refractivity contribution >= 4 is 23.1 Å². The monoisotopic (exact) mass is 412 g/mol. The SMILES string of the molecule is CCCCCCc1ccc(C(O)Cc2ccnc(-c3ccccc3SC)n2)s1. The van der Waals surface area contributed by atoms with Crippen molar-refractivity contribution in [3.63, 3.8) is 0 Å². The zero-order chi connectivity index (χ0) is 19.8. The summed E-state index contributed by atoms with van der Waals surface area (Å²) in [6.07, 6.45) is 10.0. The maximum absolute atomic E-state index is 10.7. The Bertz CT molecular complexity index is 878. The van der Waals surface area contributed by atoms with Gasteiger partial charge in [0, 0.05) is 38.5 Å². The summed E-state index contributed by atoms with van der Waals surface area (Å²) in [5.41, 5.74) is 1.91. The molecule has 0 radical (unpaired) electrons. The van der Waals surface area contributed by atoms with Crippen LogP contribution in [0.15, 0.2) is 53.6 Å². The Morgan fingerprint density at radius 3 is 2.75 bits per heavy atom. The van der Waals surface area contributed by atoms with Crippen molar-refractivity contribution in [3.05, 3.63) is 64.1 Å². The molecule has 0 spiro atoms. The Kier molecular flexibility index (Phi) is 8.07. The van der Waals surface area contributed by atoms with Crippen LogP contribution in [0.5, 0.6) is 0 Å². The van der Waals surface area contributed by atoms with Gasteiger partial charge in [-0.05, 0) is 43.4 Å². The van der Waals surface area contributed by atoms with Gasteiger partial charge in [-0.15, -0.1) is 23.1 Å². The topological polar surface area (TPSA) is 46.0 Å². The number of aryl methyl sites for hydroxylation is 1. The highest BCUT2D eigenvalue weighted by Crippen LogP contribution is 2.29. The summed E-state index contributed by atoms with van der Waals surface area (Å²) in [5.74, 6) is 0.720. The molecule has 3 nitrogen and oxygen atoms in total. The zero-order valence-electron chi connectivity index (χ0n) is 16.6. The number of benzene rings is 1. The molecule has 28 heavy (non-hydrogen) atoms. The van der Waals surface area contributed by atoms with Gasteiger partial charge in [-0.25, -0.2) is 9.97 Å². The van der Waals surface area contributed by atoms with Gasteiger partial charge in [-0.2, -0.15) is 0 Å². The number of thiophene rings is 1. The van der Waals surface area contributed by atoms with Crippen molar-refractivity contribution in [2.45, 2.75) is 56.4 Å². The number of aliphatic hydroxyl groups excluding tert-OH is 1. The van der Waals surface area contributed by atoms with Gasteiger partial charge < -0.3 is 5.11 Å². The highest BCUT2D eigenvalue weighted by atomic mass is 32.2. The van der Waals surface area contributed by atoms with E-state index in [0.29, 0.717) is 6.42 Å². The number of aromatic nitrogens is 2. The Morgan fingerprint density at radius 2 is 1.93 bits per heavy atom. The second-order valence-corrected chi connectivity index (χ2v) is 8.95. The molecule has 1 N–H and O–H groups in total. The van der Waals surface area contributed by atoms with Gasteiger partial charge >= 0.3 is 0 Å². The van der Waals surface area contributed by atoms with Crippen LogP contribution in [0.2, 0.25) is 0 Å². The summed E-state index contributed by atoms with van der Waals surface area (Å²) in [7, 11) is 0. The molecule has 0 amide bonds. The average Bonchev–Trinajstić information content (AvgIpc) is 3.20. The first-order valence-corrected chi connectivity index (χ1v) is 12.0. The smallest absolute Gasteiger partial charge is 0.160 e. The first-order valence-electron chi connectivity index (χ1n) is 9.93. The van der Waals surface area contributed by atoms with Crippen molar-refractivity contribution < 1.29 is 5.11 Å². The van der Waals surface area contributed by atoms with Crippen LogP contribution in [-0.2, 0) is 12.8 Å². The fraction of sp³-hybridized carbons (Fsp3) is 0.391. The number of rotatable bonds is 10. The number of unbranched alkanes of at least 4 members (excludes halogenated alkanes) is 3. The van der Waals surface area contributed by atoms with Gasteiger partial charge in [-0.3, -0.25) is 0 Å². The molecule has 2 aromatic heterocycles. The van der Waals surface area contributed by atoms with Gasteiger partial charge in [0.2, 0.25) is 0 Å². The lowest BCUT2D eigenvalue weighted by atomic mass is 10.1. The summed E-state index contributed by atoms with van der Waals surface area (Å²) >= 11 is 3.42. The van der Waals surface area contributed by atoms with E-state index in [2.05, 4.69) is 36.4 Å². The molecule has 0 saturated carbocycles. The molecule has 0 aliphatic carbocycles. The van der Waals surface area contributed by atoms with Crippen LogP contribution in [0.3, 0.4) is 0 Å². The molecule has 3 aromatic rings. The molecule has 0 aliphatic heterocycles. The third-order valence-electron chi connectivity index (χ3n) is 4.75. The standard InChI is InChI=1S/C23H28N2OS2/c1-3-4-5-6-9-18-12-13-22(28-18)20(26)16-17-14-15-24-23(25-17)19-10-7-8-11-21(19)27-2/h7-8,10-15,20,26H,3-6,9,16H2,1-2H3. The zero-order valence-corrected chi connectivity index (χ0v) is 18.2. The van der Waals surface area contributed by atoms with Crippen LogP contribution in [0.1, 0.15) is 54.2 Å². The van der Waals surface area contributed by atoms with Crippen molar-refractivity contribution in [2.75, 3.05) is 6.26 Å². The highest BCUT2D eigenvalue weighted by molar-refractivity contribution is 7.98. The number of hydrogen-bond donors (Lipinski definition) is 1. The van der Waals surface area contributed by atoms with E-state index in [1.807, 2.05) is 24.3 Å². The molecule has 148 valence electrons. The van der Waals surface area contributed by atoms with Crippen molar-refractivity contribution in [1.29, 1.82) is 0 Å². The maximum atomic E-state index is 10.7. The summed E-state index contributed by atoms with van der Waals surface area (Å²) in [6.45, 7) is 2.23. The van der Waals surface area contributed by atoms with Gasteiger partial charge in [0.05, 0.1) is 6.10 Å². The van der Waals surface area contributed by atoms with Gasteiger partial charge in [0.1, 0.15) is 0 Å². The van der Waals surface area contributed by atoms with Gasteiger partial charge in [0.15, 0.2) is 5.82 Å². The van der Waals surface area contributed by atoms with Crippen LogP contribution in [0.25, 0.3) is 11.4 Å². The van der Waals surface area contributed by atoms with E-state index in [1.165, 1.54) is 30.6 Å². The molecule has 0 aliphatic rings. The van der Waals surface area contributed by atoms with E-state index < -0.39 is 6.10 Å². The number of nitrogens with zero attached hydrogens (tertiary/aromatic N) is 2. The number of hydrogen-bond acceptors (Lipinski definition) is 5. The van der Waals surface area contributed by atoms with E-state index in [1.54, 1.807) is 29.3 Å². The fourth-order valence-electron chi connectivity index (χ4n) is 3.20. The van der Waals surface area contributed by atoms with Crippen LogP contribution in [0.4, 0.5) is 0 Å². The number of thioether (sulfide) groups is 1. The summed E-state index contributed by atoms with van der Waals surface area (Å²) < 4.78 is 0. The second kappa shape index (κ2) is 10.7. The van der Waals surface area contributed by atoms with Crippen LogP contribution in [-0.4, -0.2) is 21.3 Å². The molecule has 0 fully saturated rings. The molecule has 1 aromatic carbocycles. The van der Waals surface area contributed by atoms with E-state index >= 15 is 0 Å². The molecular formula is C23H28N2OS2. The van der Waals surface area contributed by atoms with Crippen molar-refractivity contribution in [1.82, 2.24) is 9.97 Å².